The fourth-order valence-corrected chi connectivity index (χ4v) is 8.31. The lowest BCUT2D eigenvalue weighted by atomic mass is 10.0. The maximum absolute atomic E-state index is 12.4. The van der Waals surface area contributed by atoms with Crippen molar-refractivity contribution in [3.63, 3.8) is 0 Å². The molecule has 0 saturated carbocycles. The van der Waals surface area contributed by atoms with Gasteiger partial charge in [-0.1, -0.05) is 144 Å². The molecule has 0 fully saturated rings. The van der Waals surface area contributed by atoms with E-state index < -0.39 is 35.8 Å². The van der Waals surface area contributed by atoms with Crippen LogP contribution in [-0.2, 0) is 19.1 Å². The van der Waals surface area contributed by atoms with Crippen molar-refractivity contribution in [2.45, 2.75) is 163 Å². The van der Waals surface area contributed by atoms with Gasteiger partial charge >= 0.3 is 17.9 Å². The van der Waals surface area contributed by atoms with Crippen LogP contribution in [0, 0.1) is 0 Å². The number of nitrogens with zero attached hydrogens (tertiary/aromatic N) is 2. The molecule has 0 saturated heterocycles. The van der Waals surface area contributed by atoms with Crippen LogP contribution < -0.4 is 21.3 Å². The third kappa shape index (κ3) is 33.5. The Bertz CT molecular complexity index is 1720. The smallest absolute Gasteiger partial charge is 0.326 e. The maximum Gasteiger partial charge on any atom is 0.326 e. The van der Waals surface area contributed by atoms with Gasteiger partial charge in [0.2, 0.25) is 0 Å². The molecule has 6 N–H and O–H groups in total. The number of hydrogen-bond acceptors (Lipinski definition) is 10. The maximum atomic E-state index is 12.4. The first-order chi connectivity index (χ1) is 31.7. The number of halogens is 5. The van der Waals surface area contributed by atoms with E-state index in [1.165, 1.54) is 44.7 Å². The van der Waals surface area contributed by atoms with Crippen molar-refractivity contribution in [1.82, 2.24) is 21.3 Å². The van der Waals surface area contributed by atoms with E-state index in [-0.39, 0.29) is 91.4 Å². The third-order valence-electron chi connectivity index (χ3n) is 10.7. The van der Waals surface area contributed by atoms with Crippen LogP contribution >= 0.6 is 85.8 Å². The number of carbonyl (C=O) groups excluding carboxylic acids is 3. The number of unbranched alkanes of at least 4 members (excludes halogenated alkanes) is 11. The molecule has 2 aromatic rings. The van der Waals surface area contributed by atoms with Crippen LogP contribution in [0.15, 0.2) is 46.4 Å². The number of carboxylic acids is 2. The number of aliphatic carboxylic acids is 2. The minimum atomic E-state index is -1.05. The number of aliphatic imine (C=N–C) groups is 2. The van der Waals surface area contributed by atoms with Gasteiger partial charge in [-0.05, 0) is 76.1 Å². The van der Waals surface area contributed by atoms with Crippen LogP contribution in [0.5, 0.6) is 0 Å². The molecule has 2 aromatic carbocycles. The van der Waals surface area contributed by atoms with Crippen molar-refractivity contribution in [1.29, 1.82) is 0 Å². The predicted molar refractivity (Wildman–Crippen MR) is 308 cm³/mol. The zero-order valence-corrected chi connectivity index (χ0v) is 45.8. The Morgan fingerprint density at radius 1 is 0.662 bits per heavy atom. The SMILES string of the molecule is C.C.CCOC(C)=O.Cl.O=C(N[C@@H](CCCCCCCCCC1=NCCNC1)C(=O)O)c1c(Cl)cccc1Cl.O=C(N[C@@H](CCCCCCCCNC1=NCCCC1)C(=O)O)c1c(Cl)cccc1Cl.S.S. The van der Waals surface area contributed by atoms with Crippen molar-refractivity contribution in [3.05, 3.63) is 67.6 Å². The van der Waals surface area contributed by atoms with Gasteiger partial charge < -0.3 is 36.2 Å². The number of nitrogens with one attached hydrogen (secondary N) is 4. The number of benzene rings is 2. The zero-order valence-electron chi connectivity index (χ0n) is 40.0. The summed E-state index contributed by atoms with van der Waals surface area (Å²) in [5.41, 5.74) is 1.52. The molecular weight excluding hydrogens is 1050 g/mol. The van der Waals surface area contributed by atoms with Crippen LogP contribution in [0.1, 0.15) is 171 Å². The molecule has 14 nitrogen and oxygen atoms in total. The van der Waals surface area contributed by atoms with Crippen LogP contribution in [-0.4, -0.2) is 103 Å². The average molecular weight is 1140 g/mol. The number of carboxylic acid groups (broad SMARTS) is 2. The second kappa shape index (κ2) is 45.6. The molecule has 21 heteroatoms. The number of esters is 1. The van der Waals surface area contributed by atoms with Crippen LogP contribution in [0.4, 0.5) is 0 Å². The van der Waals surface area contributed by atoms with Gasteiger partial charge in [-0.2, -0.15) is 27.0 Å². The molecule has 0 unspecified atom stereocenters. The first kappa shape index (κ1) is 74.6. The molecule has 0 bridgehead atoms. The Balaban J connectivity index is -0.000000532. The zero-order chi connectivity index (χ0) is 48.5. The Hall–Kier alpha value is -2.96. The molecule has 0 aliphatic carbocycles. The molecule has 408 valence electrons. The molecule has 2 amide bonds. The second-order valence-corrected chi connectivity index (χ2v) is 17.7. The molecular formula is C50H83Cl5N6O8S2. The highest BCUT2D eigenvalue weighted by atomic mass is 35.5. The monoisotopic (exact) mass is 1130 g/mol. The van der Waals surface area contributed by atoms with Gasteiger partial charge in [-0.15, -0.1) is 12.4 Å². The summed E-state index contributed by atoms with van der Waals surface area (Å²) in [5.74, 6) is -2.28. The topological polar surface area (TPSA) is 208 Å². The van der Waals surface area contributed by atoms with Crippen molar-refractivity contribution in [2.75, 3.05) is 39.3 Å². The van der Waals surface area contributed by atoms with Crippen molar-refractivity contribution < 1.29 is 38.9 Å². The first-order valence-corrected chi connectivity index (χ1v) is 24.8. The van der Waals surface area contributed by atoms with Crippen molar-refractivity contribution in [3.8, 4) is 0 Å². The summed E-state index contributed by atoms with van der Waals surface area (Å²) in [5, 5.41) is 31.5. The molecule has 0 aromatic heterocycles. The molecule has 4 rings (SSSR count). The third-order valence-corrected chi connectivity index (χ3v) is 12.0. The standard InChI is InChI=1S/2C22H31Cl2N3O3.C4H8O2.2CH4.ClH.2H2S/c23-16-10-9-11-17(24)20(16)21(28)27-18(22(29)30)12-5-3-1-2-4-7-14-25-19-13-6-8-15-26-19;23-17-10-8-11-18(24)20(17)21(28)27-19(22(29)30)12-7-5-3-1-2-4-6-9-16-15-25-13-14-26-16;1-3-6-4(2)5;;;;;/h9-11,18H,1-8,12-15H2,(H,25,26)(H,27,28)(H,29,30);8,10-11,19,25H,1-7,9,12-15H2,(H,27,28)(H,29,30);3H2,1-2H3;2*1H4;1H;2*1H2/t18-;19-;;;;;;/m00....../s1. The summed E-state index contributed by atoms with van der Waals surface area (Å²) in [6, 6.07) is 7.58. The normalized spacial score (nSPS) is 13.1. The minimum Gasteiger partial charge on any atom is -0.480 e. The van der Waals surface area contributed by atoms with Gasteiger partial charge in [0, 0.05) is 45.2 Å². The van der Waals surface area contributed by atoms with E-state index in [4.69, 9.17) is 46.4 Å². The lowest BCUT2D eigenvalue weighted by Gasteiger charge is -2.16. The Kier molecular flexibility index (Phi) is 47.9. The summed E-state index contributed by atoms with van der Waals surface area (Å²) in [4.78, 5) is 66.6. The van der Waals surface area contributed by atoms with Crippen molar-refractivity contribution in [2.24, 2.45) is 9.98 Å². The summed E-state index contributed by atoms with van der Waals surface area (Å²) >= 11 is 24.1. The fourth-order valence-electron chi connectivity index (χ4n) is 7.17. The quantitative estimate of drug-likeness (QED) is 0.0388. The molecule has 0 radical (unpaired) electrons. The highest BCUT2D eigenvalue weighted by molar-refractivity contribution is 7.59. The van der Waals surface area contributed by atoms with E-state index in [0.29, 0.717) is 19.4 Å². The fraction of sp³-hybridized carbons (Fsp3) is 0.620. The Morgan fingerprint density at radius 3 is 1.46 bits per heavy atom. The molecule has 2 aliphatic heterocycles. The molecule has 2 atom stereocenters. The molecule has 0 spiro atoms. The van der Waals surface area contributed by atoms with Gasteiger partial charge in [0.25, 0.3) is 11.8 Å². The molecule has 2 aliphatic rings. The Labute approximate surface area is 464 Å². The first-order valence-electron chi connectivity index (χ1n) is 23.3. The largest absolute Gasteiger partial charge is 0.480 e. The summed E-state index contributed by atoms with van der Waals surface area (Å²) in [7, 11) is 0. The minimum absolute atomic E-state index is 0. The van der Waals surface area contributed by atoms with Gasteiger partial charge in [0.15, 0.2) is 0 Å². The van der Waals surface area contributed by atoms with Gasteiger partial charge in [-0.3, -0.25) is 24.4 Å². The number of amides is 2. The summed E-state index contributed by atoms with van der Waals surface area (Å²) in [6.07, 6.45) is 18.9. The lowest BCUT2D eigenvalue weighted by molar-refractivity contribution is -0.141. The van der Waals surface area contributed by atoms with Gasteiger partial charge in [0.1, 0.15) is 12.1 Å². The van der Waals surface area contributed by atoms with E-state index in [1.807, 2.05) is 0 Å². The number of amidine groups is 1. The Morgan fingerprint density at radius 2 is 1.10 bits per heavy atom. The highest BCUT2D eigenvalue weighted by Gasteiger charge is 2.24. The second-order valence-electron chi connectivity index (χ2n) is 16.1. The highest BCUT2D eigenvalue weighted by Crippen LogP contribution is 2.26. The average Bonchev–Trinajstić information content (AvgIpc) is 3.28. The van der Waals surface area contributed by atoms with Crippen molar-refractivity contribution >= 4 is 127 Å². The summed E-state index contributed by atoms with van der Waals surface area (Å²) in [6.45, 7) is 8.40. The van der Waals surface area contributed by atoms with Crippen LogP contribution in [0.3, 0.4) is 0 Å². The summed E-state index contributed by atoms with van der Waals surface area (Å²) < 4.78 is 4.40. The molecule has 71 heavy (non-hydrogen) atoms. The van der Waals surface area contributed by atoms with E-state index in [0.717, 1.165) is 116 Å². The van der Waals surface area contributed by atoms with Gasteiger partial charge in [-0.25, -0.2) is 9.59 Å². The predicted octanol–water partition coefficient (Wildman–Crippen LogP) is 12.3. The number of hydrogen-bond donors (Lipinski definition) is 6. The van der Waals surface area contributed by atoms with Crippen LogP contribution in [0.2, 0.25) is 20.1 Å². The molecule has 2 heterocycles. The van der Waals surface area contributed by atoms with Gasteiger partial charge in [0.05, 0.1) is 50.2 Å². The van der Waals surface area contributed by atoms with E-state index in [2.05, 4.69) is 36.0 Å². The van der Waals surface area contributed by atoms with Crippen LogP contribution in [0.25, 0.3) is 0 Å². The number of carbonyl (C=O) groups is 5. The van der Waals surface area contributed by atoms with E-state index in [9.17, 15) is 34.2 Å². The number of rotatable bonds is 26. The number of ether oxygens (including phenoxy) is 1. The van der Waals surface area contributed by atoms with E-state index in [1.54, 1.807) is 43.3 Å². The van der Waals surface area contributed by atoms with E-state index >= 15 is 0 Å². The lowest BCUT2D eigenvalue weighted by Crippen LogP contribution is -2.41.